The van der Waals surface area contributed by atoms with Gasteiger partial charge >= 0.3 is 0 Å². The van der Waals surface area contributed by atoms with Gasteiger partial charge in [0.15, 0.2) is 34.1 Å². The molecule has 12 aromatic heterocycles. The second-order valence-electron chi connectivity index (χ2n) is 41.7. The first-order valence-electron chi connectivity index (χ1n) is 43.0. The van der Waals surface area contributed by atoms with Gasteiger partial charge in [-0.15, -0.1) is 11.3 Å². The molecule has 18 heteroatoms. The van der Waals surface area contributed by atoms with Gasteiger partial charge < -0.3 is 27.3 Å². The Morgan fingerprint density at radius 3 is 1.12 bits per heavy atom. The predicted octanol–water partition coefficient (Wildman–Crippen LogP) is 26.1. The van der Waals surface area contributed by atoms with E-state index in [1.165, 1.54) is 150 Å². The van der Waals surface area contributed by atoms with Crippen LogP contribution in [0.1, 0.15) is 319 Å². The maximum absolute atomic E-state index is 5.57. The first-order valence-corrected chi connectivity index (χ1v) is 43.8. The first-order chi connectivity index (χ1) is 54.5. The van der Waals surface area contributed by atoms with E-state index < -0.39 is 0 Å². The molecule has 0 aliphatic carbocycles. The predicted molar refractivity (Wildman–Crippen MR) is 513 cm³/mol. The average molecular weight is 1650 g/mol. The SMILES string of the molecule is Cc1c(C(C)(C)C)c(C)c2c(nc(C)n2C)c1C.Cc1c(C(C)(C)C)nc2c(c1C)c(C)c(C)n2C.Cc1c(C(C)(C)C)nc2c(nc(C)n2C)c1C.Cc1c(C(C)(C)C)nc2nc(C)n(C)c2c1C.Cc1c(C)c(C)c2c(nc(C(C)(C)C)n2C)c1C.Cc1nc2nc(C(C)(C)C)c(C)c(C)c2o1.Cc1nc2nc(C(C)(C)C)c(C)c(C)c2s1. The summed E-state index contributed by atoms with van der Waals surface area (Å²) >= 11 is 1.74. The lowest BCUT2D eigenvalue weighted by Crippen LogP contribution is -2.17. The Bertz CT molecular complexity index is 6180. The maximum Gasteiger partial charge on any atom is 0.199 e. The summed E-state index contributed by atoms with van der Waals surface area (Å²) in [5, 5.41) is 2.43. The monoisotopic (exact) mass is 1650 g/mol. The maximum atomic E-state index is 5.57. The highest BCUT2D eigenvalue weighted by molar-refractivity contribution is 7.18. The minimum absolute atomic E-state index is 0.0376. The zero-order chi connectivity index (χ0) is 91.6. The number of pyridine rings is 5. The van der Waals surface area contributed by atoms with Crippen molar-refractivity contribution in [2.24, 2.45) is 35.2 Å². The minimum Gasteiger partial charge on any atom is -0.439 e. The van der Waals surface area contributed by atoms with Crippen molar-refractivity contribution in [3.63, 3.8) is 0 Å². The van der Waals surface area contributed by atoms with Crippen LogP contribution in [0.2, 0.25) is 0 Å². The lowest BCUT2D eigenvalue weighted by molar-refractivity contribution is 0.526. The number of rotatable bonds is 0. The number of nitrogens with zero attached hydrogens (tertiary/aromatic N) is 16. The van der Waals surface area contributed by atoms with Gasteiger partial charge in [0.05, 0.1) is 65.8 Å². The molecule has 17 nitrogen and oxygen atoms in total. The summed E-state index contributed by atoms with van der Waals surface area (Å²) in [7, 11) is 10.4. The Hall–Kier alpha value is -9.03. The van der Waals surface area contributed by atoms with Gasteiger partial charge in [-0.3, -0.25) is 0 Å². The van der Waals surface area contributed by atoms with Crippen molar-refractivity contribution < 1.29 is 4.42 Å². The summed E-state index contributed by atoms with van der Waals surface area (Å²) in [5.41, 5.74) is 45.5. The van der Waals surface area contributed by atoms with Gasteiger partial charge in [0.2, 0.25) is 0 Å². The summed E-state index contributed by atoms with van der Waals surface area (Å²) in [6, 6.07) is 0. The Labute approximate surface area is 724 Å². The van der Waals surface area contributed by atoms with Gasteiger partial charge in [0, 0.05) is 91.3 Å². The number of benzene rings is 2. The topological polar surface area (TPSA) is 180 Å². The highest BCUT2D eigenvalue weighted by Crippen LogP contribution is 2.41. The van der Waals surface area contributed by atoms with E-state index in [1.807, 2.05) is 34.7 Å². The van der Waals surface area contributed by atoms with E-state index in [0.29, 0.717) is 5.89 Å². The van der Waals surface area contributed by atoms with Crippen molar-refractivity contribution in [1.29, 1.82) is 0 Å². The lowest BCUT2D eigenvalue weighted by Gasteiger charge is -2.26. The molecule has 0 bridgehead atoms. The molecular formula is C102H150N16OS. The molecule has 0 atom stereocenters. The molecule has 0 radical (unpaired) electrons. The Kier molecular flexibility index (Phi) is 27.3. The van der Waals surface area contributed by atoms with Gasteiger partial charge in [0.25, 0.3) is 0 Å². The second-order valence-corrected chi connectivity index (χ2v) is 42.9. The number of hydrogen-bond donors (Lipinski definition) is 0. The molecule has 12 heterocycles. The van der Waals surface area contributed by atoms with Crippen LogP contribution in [-0.2, 0) is 73.1 Å². The number of hydrogen-bond acceptors (Lipinski definition) is 13. The molecule has 2 aromatic carbocycles. The zero-order valence-corrected chi connectivity index (χ0v) is 84.8. The smallest absolute Gasteiger partial charge is 0.199 e. The van der Waals surface area contributed by atoms with Crippen LogP contribution >= 0.6 is 11.3 Å². The van der Waals surface area contributed by atoms with Crippen molar-refractivity contribution >= 4 is 88.3 Å². The summed E-state index contributed by atoms with van der Waals surface area (Å²) in [6.07, 6.45) is 0. The highest BCUT2D eigenvalue weighted by atomic mass is 32.1. The van der Waals surface area contributed by atoms with Crippen LogP contribution in [0.4, 0.5) is 0 Å². The third-order valence-corrected chi connectivity index (χ3v) is 26.3. The fourth-order valence-corrected chi connectivity index (χ4v) is 18.3. The summed E-state index contributed by atoms with van der Waals surface area (Å²) in [6.45, 7) is 97.9. The molecule has 14 rings (SSSR count). The van der Waals surface area contributed by atoms with Gasteiger partial charge in [-0.05, 0) is 265 Å². The number of aryl methyl sites for hydroxylation is 20. The molecule has 0 amide bonds. The standard InChI is InChI=1S/3C16H24N2.2C14H21N3.C13H18N2O.C13H18N2S/c1-9-10(2)14-15(18(8)12(4)17-14)11(3)13(9)16(5,6)7;1-9-10(2)14(16(5,6)7)17-15-13(9)11(3)12(4)18(15)8;1-9-10(2)12(4)14-13(11(9)3)17-15(18(14)8)16(5,6)7;1-8-9(2)12(14(4,5)6)16-13-11(8)17(7)10(3)15-13;1-8-9(2)12(14(4,5)6)16-13-11(8)15-10(3)17(13)7;2*1-7-8(2)11(13(4,5)6)15-12-10(7)16-9(3)14-12/h3*1-8H3;2*1-7H3;2*1-6H3. The van der Waals surface area contributed by atoms with E-state index in [-0.39, 0.29) is 37.9 Å². The van der Waals surface area contributed by atoms with Crippen molar-refractivity contribution in [3.8, 4) is 0 Å². The molecule has 0 N–H and O–H groups in total. The average Bonchev–Trinajstić information content (AvgIpc) is 1.35. The molecule has 0 unspecified atom stereocenters. The van der Waals surface area contributed by atoms with Crippen LogP contribution in [0.15, 0.2) is 4.42 Å². The van der Waals surface area contributed by atoms with Gasteiger partial charge in [0.1, 0.15) is 34.5 Å². The number of imidazole rings is 4. The van der Waals surface area contributed by atoms with E-state index in [9.17, 15) is 0 Å². The Morgan fingerprint density at radius 1 is 0.250 bits per heavy atom. The molecule has 0 saturated carbocycles. The number of oxazole rings is 1. The van der Waals surface area contributed by atoms with E-state index in [0.717, 1.165) is 95.6 Å². The van der Waals surface area contributed by atoms with Crippen LogP contribution in [-0.4, -0.2) is 77.7 Å². The lowest BCUT2D eigenvalue weighted by atomic mass is 9.79. The highest BCUT2D eigenvalue weighted by Gasteiger charge is 2.31. The summed E-state index contributed by atoms with van der Waals surface area (Å²) < 4.78 is 17.7. The molecule has 0 aliphatic rings. The van der Waals surface area contributed by atoms with E-state index >= 15 is 0 Å². The summed E-state index contributed by atoms with van der Waals surface area (Å²) in [4.78, 5) is 51.5. The Balaban J connectivity index is 0.000000174. The molecular weight excluding hydrogens is 1500 g/mol. The van der Waals surface area contributed by atoms with Crippen molar-refractivity contribution in [3.05, 3.63) is 174 Å². The van der Waals surface area contributed by atoms with Crippen molar-refractivity contribution in [1.82, 2.24) is 77.7 Å². The fourth-order valence-electron chi connectivity index (χ4n) is 17.4. The van der Waals surface area contributed by atoms with Crippen LogP contribution < -0.4 is 0 Å². The Morgan fingerprint density at radius 2 is 0.625 bits per heavy atom. The first kappa shape index (κ1) is 96.4. The fraction of sp³-hybridized carbons (Fsp3) is 0.559. The third kappa shape index (κ3) is 18.7. The van der Waals surface area contributed by atoms with Gasteiger partial charge in [-0.2, -0.15) is 4.98 Å². The minimum atomic E-state index is 0.0376. The third-order valence-electron chi connectivity index (χ3n) is 25.2. The largest absolute Gasteiger partial charge is 0.439 e. The van der Waals surface area contributed by atoms with E-state index in [4.69, 9.17) is 34.3 Å². The number of fused-ring (bicyclic) bond motifs is 7. The molecule has 0 fully saturated rings. The number of thiazole rings is 1. The molecule has 650 valence electrons. The van der Waals surface area contributed by atoms with E-state index in [2.05, 4.69) is 360 Å². The normalized spacial score (nSPS) is 12.4. The molecule has 0 spiro atoms. The van der Waals surface area contributed by atoms with Crippen molar-refractivity contribution in [2.45, 2.75) is 349 Å². The van der Waals surface area contributed by atoms with E-state index in [1.54, 1.807) is 11.3 Å². The van der Waals surface area contributed by atoms with Crippen LogP contribution in [0.3, 0.4) is 0 Å². The van der Waals surface area contributed by atoms with Gasteiger partial charge in [-0.1, -0.05) is 145 Å². The molecule has 120 heavy (non-hydrogen) atoms. The van der Waals surface area contributed by atoms with Crippen molar-refractivity contribution in [2.75, 3.05) is 0 Å². The molecule has 14 aromatic rings. The van der Waals surface area contributed by atoms with Crippen LogP contribution in [0, 0.1) is 166 Å². The summed E-state index contributed by atoms with van der Waals surface area (Å²) in [5.74, 6) is 4.95. The molecule has 0 saturated heterocycles. The molecule has 0 aliphatic heterocycles. The zero-order valence-electron chi connectivity index (χ0n) is 84.0. The second kappa shape index (κ2) is 34.0. The quantitative estimate of drug-likeness (QED) is 0.140. The van der Waals surface area contributed by atoms with Crippen LogP contribution in [0.25, 0.3) is 77.0 Å². The van der Waals surface area contributed by atoms with Crippen LogP contribution in [0.5, 0.6) is 0 Å². The van der Waals surface area contributed by atoms with Gasteiger partial charge in [-0.25, -0.2) is 49.8 Å². The number of aromatic nitrogens is 16.